The van der Waals surface area contributed by atoms with Crippen LogP contribution >= 0.6 is 11.6 Å². The third kappa shape index (κ3) is 2.55. The lowest BCUT2D eigenvalue weighted by Gasteiger charge is -2.09. The fourth-order valence-electron chi connectivity index (χ4n) is 2.20. The molecule has 3 rings (SSSR count). The topological polar surface area (TPSA) is 50.9 Å². The Morgan fingerprint density at radius 1 is 1.14 bits per heavy atom. The summed E-state index contributed by atoms with van der Waals surface area (Å²) in [6, 6.07) is 15.5. The first-order valence-electron chi connectivity index (χ1n) is 6.58. The molecule has 1 aromatic heterocycles. The molecule has 0 unspecified atom stereocenters. The van der Waals surface area contributed by atoms with Crippen LogP contribution in [-0.2, 0) is 6.61 Å². The van der Waals surface area contributed by atoms with Crippen molar-refractivity contribution in [3.05, 3.63) is 64.8 Å². The summed E-state index contributed by atoms with van der Waals surface area (Å²) >= 11 is 6.19. The second-order valence-corrected chi connectivity index (χ2v) is 5.16. The van der Waals surface area contributed by atoms with Crippen molar-refractivity contribution in [1.29, 1.82) is 0 Å². The standard InChI is InChI=1S/C16H14ClN3O/c1-11-7-8-13(9-14(11)17)20-16(15(10-21)18-19-20)12-5-3-2-4-6-12/h2-9,21H,10H2,1H3. The maximum absolute atomic E-state index is 9.50. The molecule has 0 atom stereocenters. The van der Waals surface area contributed by atoms with E-state index in [1.807, 2.05) is 55.5 Å². The number of rotatable bonds is 3. The minimum Gasteiger partial charge on any atom is -0.390 e. The van der Waals surface area contributed by atoms with E-state index in [1.54, 1.807) is 4.68 Å². The van der Waals surface area contributed by atoms with Gasteiger partial charge in [-0.2, -0.15) is 0 Å². The second kappa shape index (κ2) is 5.68. The molecule has 106 valence electrons. The van der Waals surface area contributed by atoms with Crippen LogP contribution in [0.2, 0.25) is 5.02 Å². The van der Waals surface area contributed by atoms with Crippen LogP contribution in [0, 0.1) is 6.92 Å². The van der Waals surface area contributed by atoms with E-state index in [-0.39, 0.29) is 6.61 Å². The number of hydrogen-bond donors (Lipinski definition) is 1. The molecule has 0 bridgehead atoms. The van der Waals surface area contributed by atoms with Crippen molar-refractivity contribution in [1.82, 2.24) is 15.0 Å². The smallest absolute Gasteiger partial charge is 0.117 e. The Morgan fingerprint density at radius 2 is 1.90 bits per heavy atom. The monoisotopic (exact) mass is 299 g/mol. The van der Waals surface area contributed by atoms with Gasteiger partial charge in [0.2, 0.25) is 0 Å². The number of aliphatic hydroxyl groups is 1. The Hall–Kier alpha value is -2.17. The van der Waals surface area contributed by atoms with E-state index in [0.29, 0.717) is 10.7 Å². The molecular formula is C16H14ClN3O. The van der Waals surface area contributed by atoms with E-state index < -0.39 is 0 Å². The van der Waals surface area contributed by atoms with Crippen molar-refractivity contribution in [3.8, 4) is 16.9 Å². The van der Waals surface area contributed by atoms with Crippen molar-refractivity contribution in [3.63, 3.8) is 0 Å². The number of nitrogens with zero attached hydrogens (tertiary/aromatic N) is 3. The molecule has 0 fully saturated rings. The number of benzene rings is 2. The van der Waals surface area contributed by atoms with Gasteiger partial charge >= 0.3 is 0 Å². The molecule has 0 saturated heterocycles. The summed E-state index contributed by atoms with van der Waals surface area (Å²) in [7, 11) is 0. The first kappa shape index (κ1) is 13.8. The third-order valence-corrected chi connectivity index (χ3v) is 3.74. The molecule has 0 spiro atoms. The molecule has 3 aromatic rings. The number of aryl methyl sites for hydroxylation is 1. The summed E-state index contributed by atoms with van der Waals surface area (Å²) in [6.07, 6.45) is 0. The minimum absolute atomic E-state index is 0.163. The fourth-order valence-corrected chi connectivity index (χ4v) is 2.37. The molecule has 0 radical (unpaired) electrons. The van der Waals surface area contributed by atoms with Crippen LogP contribution in [-0.4, -0.2) is 20.1 Å². The fraction of sp³-hybridized carbons (Fsp3) is 0.125. The molecule has 0 saturated carbocycles. The third-order valence-electron chi connectivity index (χ3n) is 3.34. The summed E-state index contributed by atoms with van der Waals surface area (Å²) in [5.41, 5.74) is 4.08. The van der Waals surface area contributed by atoms with Crippen LogP contribution in [0.15, 0.2) is 48.5 Å². The van der Waals surface area contributed by atoms with Crippen molar-refractivity contribution in [2.75, 3.05) is 0 Å². The van der Waals surface area contributed by atoms with Gasteiger partial charge in [-0.3, -0.25) is 0 Å². The normalized spacial score (nSPS) is 10.8. The van der Waals surface area contributed by atoms with Gasteiger partial charge in [0.05, 0.1) is 12.3 Å². The minimum atomic E-state index is -0.163. The average molecular weight is 300 g/mol. The Bertz CT molecular complexity index is 768. The van der Waals surface area contributed by atoms with Crippen LogP contribution < -0.4 is 0 Å². The molecule has 1 N–H and O–H groups in total. The largest absolute Gasteiger partial charge is 0.390 e. The highest BCUT2D eigenvalue weighted by Crippen LogP contribution is 2.27. The van der Waals surface area contributed by atoms with Crippen LogP contribution in [0.5, 0.6) is 0 Å². The number of aliphatic hydroxyl groups excluding tert-OH is 1. The average Bonchev–Trinajstić information content (AvgIpc) is 2.95. The molecule has 4 nitrogen and oxygen atoms in total. The van der Waals surface area contributed by atoms with E-state index in [9.17, 15) is 5.11 Å². The zero-order valence-corrected chi connectivity index (χ0v) is 12.2. The Morgan fingerprint density at radius 3 is 2.57 bits per heavy atom. The van der Waals surface area contributed by atoms with E-state index in [4.69, 9.17) is 11.6 Å². The second-order valence-electron chi connectivity index (χ2n) is 4.75. The quantitative estimate of drug-likeness (QED) is 0.806. The maximum Gasteiger partial charge on any atom is 0.117 e. The summed E-state index contributed by atoms with van der Waals surface area (Å²) in [6.45, 7) is 1.79. The number of hydrogen-bond acceptors (Lipinski definition) is 3. The van der Waals surface area contributed by atoms with Crippen LogP contribution in [0.4, 0.5) is 0 Å². The van der Waals surface area contributed by atoms with Gasteiger partial charge in [0.25, 0.3) is 0 Å². The van der Waals surface area contributed by atoms with E-state index in [0.717, 1.165) is 22.5 Å². The van der Waals surface area contributed by atoms with Gasteiger partial charge in [-0.05, 0) is 24.6 Å². The molecule has 1 heterocycles. The lowest BCUT2D eigenvalue weighted by molar-refractivity contribution is 0.277. The lowest BCUT2D eigenvalue weighted by atomic mass is 10.1. The highest BCUT2D eigenvalue weighted by atomic mass is 35.5. The zero-order chi connectivity index (χ0) is 14.8. The summed E-state index contributed by atoms with van der Waals surface area (Å²) < 4.78 is 1.70. The predicted molar refractivity (Wildman–Crippen MR) is 82.5 cm³/mol. The molecule has 21 heavy (non-hydrogen) atoms. The first-order valence-corrected chi connectivity index (χ1v) is 6.96. The Kier molecular flexibility index (Phi) is 3.73. The van der Waals surface area contributed by atoms with Gasteiger partial charge in [0, 0.05) is 10.6 Å². The Labute approximate surface area is 127 Å². The highest BCUT2D eigenvalue weighted by Gasteiger charge is 2.15. The SMILES string of the molecule is Cc1ccc(-n2nnc(CO)c2-c2ccccc2)cc1Cl. The summed E-state index contributed by atoms with van der Waals surface area (Å²) in [4.78, 5) is 0. The first-order chi connectivity index (χ1) is 10.2. The molecule has 0 aliphatic rings. The van der Waals surface area contributed by atoms with E-state index in [2.05, 4.69) is 10.3 Å². The van der Waals surface area contributed by atoms with Gasteiger partial charge < -0.3 is 5.11 Å². The van der Waals surface area contributed by atoms with Crippen molar-refractivity contribution in [2.45, 2.75) is 13.5 Å². The number of aromatic nitrogens is 3. The Balaban J connectivity index is 2.20. The molecular weight excluding hydrogens is 286 g/mol. The molecule has 0 aliphatic heterocycles. The van der Waals surface area contributed by atoms with Crippen molar-refractivity contribution >= 4 is 11.6 Å². The maximum atomic E-state index is 9.50. The molecule has 2 aromatic carbocycles. The van der Waals surface area contributed by atoms with Crippen LogP contribution in [0.25, 0.3) is 16.9 Å². The predicted octanol–water partition coefficient (Wildman–Crippen LogP) is 3.39. The number of halogens is 1. The van der Waals surface area contributed by atoms with Gasteiger partial charge in [-0.1, -0.05) is 53.2 Å². The van der Waals surface area contributed by atoms with Crippen molar-refractivity contribution < 1.29 is 5.11 Å². The van der Waals surface area contributed by atoms with Crippen LogP contribution in [0.3, 0.4) is 0 Å². The summed E-state index contributed by atoms with van der Waals surface area (Å²) in [5, 5.41) is 18.4. The zero-order valence-electron chi connectivity index (χ0n) is 11.5. The van der Waals surface area contributed by atoms with Crippen LogP contribution in [0.1, 0.15) is 11.3 Å². The van der Waals surface area contributed by atoms with E-state index in [1.165, 1.54) is 0 Å². The van der Waals surface area contributed by atoms with Gasteiger partial charge in [-0.25, -0.2) is 4.68 Å². The highest BCUT2D eigenvalue weighted by molar-refractivity contribution is 6.31. The van der Waals surface area contributed by atoms with Gasteiger partial charge in [0.1, 0.15) is 11.4 Å². The molecule has 0 amide bonds. The molecule has 0 aliphatic carbocycles. The summed E-state index contributed by atoms with van der Waals surface area (Å²) in [5.74, 6) is 0. The van der Waals surface area contributed by atoms with Crippen molar-refractivity contribution in [2.24, 2.45) is 0 Å². The van der Waals surface area contributed by atoms with Gasteiger partial charge in [0.15, 0.2) is 0 Å². The lowest BCUT2D eigenvalue weighted by Crippen LogP contribution is -2.00. The van der Waals surface area contributed by atoms with Gasteiger partial charge in [-0.15, -0.1) is 5.10 Å². The van der Waals surface area contributed by atoms with E-state index >= 15 is 0 Å². The molecule has 5 heteroatoms.